The zero-order valence-corrected chi connectivity index (χ0v) is 22.5. The van der Waals surface area contributed by atoms with Crippen LogP contribution in [0.25, 0.3) is 16.7 Å². The van der Waals surface area contributed by atoms with Crippen LogP contribution >= 0.6 is 0 Å². The van der Waals surface area contributed by atoms with E-state index in [1.54, 1.807) is 24.3 Å². The lowest BCUT2D eigenvalue weighted by molar-refractivity contribution is 0.281. The molecule has 0 saturated carbocycles. The van der Waals surface area contributed by atoms with Crippen LogP contribution in [0.1, 0.15) is 19.8 Å². The fraction of sp³-hybridized carbons (Fsp3) is 0.321. The molecular formula is C28H31BFN5O4. The van der Waals surface area contributed by atoms with Crippen molar-refractivity contribution in [2.45, 2.75) is 26.3 Å². The molecule has 2 radical (unpaired) electrons. The molecule has 202 valence electrons. The number of aromatic nitrogens is 3. The van der Waals surface area contributed by atoms with Crippen molar-refractivity contribution in [2.75, 3.05) is 32.6 Å². The number of nitrogens with zero attached hydrogens (tertiary/aromatic N) is 4. The van der Waals surface area contributed by atoms with Crippen molar-refractivity contribution in [1.29, 1.82) is 0 Å². The number of hydrogen-bond acceptors (Lipinski definition) is 6. The van der Waals surface area contributed by atoms with Crippen molar-refractivity contribution in [1.82, 2.24) is 18.6 Å². The molecule has 0 amide bonds. The van der Waals surface area contributed by atoms with Gasteiger partial charge in [0.05, 0.1) is 23.7 Å². The molecule has 0 aliphatic carbocycles. The third-order valence-corrected chi connectivity index (χ3v) is 6.31. The first-order valence-corrected chi connectivity index (χ1v) is 12.7. The van der Waals surface area contributed by atoms with Gasteiger partial charge in [-0.3, -0.25) is 18.7 Å². The molecule has 1 N–H and O–H groups in total. The normalized spacial score (nSPS) is 11.3. The second kappa shape index (κ2) is 11.7. The van der Waals surface area contributed by atoms with Gasteiger partial charge in [-0.1, -0.05) is 24.5 Å². The Balaban J connectivity index is 1.95. The monoisotopic (exact) mass is 531 g/mol. The zero-order valence-electron chi connectivity index (χ0n) is 22.5. The molecule has 0 saturated heterocycles. The molecule has 0 atom stereocenters. The van der Waals surface area contributed by atoms with Gasteiger partial charge in [0.2, 0.25) is 0 Å². The maximum atomic E-state index is 14.7. The summed E-state index contributed by atoms with van der Waals surface area (Å²) in [5.41, 5.74) is -0.822. The van der Waals surface area contributed by atoms with Crippen molar-refractivity contribution in [2.24, 2.45) is 7.05 Å². The molecule has 0 aliphatic heterocycles. The first kappa shape index (κ1) is 27.9. The zero-order chi connectivity index (χ0) is 28.3. The molecule has 0 fully saturated rings. The SMILES string of the molecule is [B]c1ccc(Nc2cc(=O)n(C)c3c2c(=O)n(CCC)c(=O)n3-c2cccc(OCCCN(C)C)c2)c(F)c1. The van der Waals surface area contributed by atoms with Crippen molar-refractivity contribution >= 4 is 35.7 Å². The molecule has 2 heterocycles. The molecule has 0 aliphatic rings. The van der Waals surface area contributed by atoms with Gasteiger partial charge in [0.15, 0.2) is 0 Å². The Morgan fingerprint density at radius 1 is 1.05 bits per heavy atom. The van der Waals surface area contributed by atoms with E-state index in [9.17, 15) is 18.8 Å². The second-order valence-corrected chi connectivity index (χ2v) is 9.60. The second-order valence-electron chi connectivity index (χ2n) is 9.60. The lowest BCUT2D eigenvalue weighted by Gasteiger charge is -2.19. The quantitative estimate of drug-likeness (QED) is 0.250. The lowest BCUT2D eigenvalue weighted by atomic mass is 9.96. The molecule has 2 aromatic carbocycles. The summed E-state index contributed by atoms with van der Waals surface area (Å²) in [6, 6.07) is 12.2. The van der Waals surface area contributed by atoms with E-state index in [1.807, 2.05) is 21.0 Å². The third kappa shape index (κ3) is 5.83. The van der Waals surface area contributed by atoms with Gasteiger partial charge in [-0.15, -0.1) is 0 Å². The highest BCUT2D eigenvalue weighted by molar-refractivity contribution is 6.32. The maximum absolute atomic E-state index is 14.7. The first-order valence-electron chi connectivity index (χ1n) is 12.7. The fourth-order valence-electron chi connectivity index (χ4n) is 4.40. The Hall–Kier alpha value is -4.12. The summed E-state index contributed by atoms with van der Waals surface area (Å²) >= 11 is 0. The van der Waals surface area contributed by atoms with Gasteiger partial charge in [0, 0.05) is 32.3 Å². The van der Waals surface area contributed by atoms with Crippen molar-refractivity contribution in [3.8, 4) is 11.4 Å². The Labute approximate surface area is 226 Å². The van der Waals surface area contributed by atoms with Crippen LogP contribution in [0.15, 0.2) is 62.9 Å². The molecule has 39 heavy (non-hydrogen) atoms. The number of halogens is 1. The summed E-state index contributed by atoms with van der Waals surface area (Å²) in [6.45, 7) is 3.35. The molecule has 0 bridgehead atoms. The van der Waals surface area contributed by atoms with Crippen LogP contribution in [-0.2, 0) is 13.6 Å². The predicted molar refractivity (Wildman–Crippen MR) is 153 cm³/mol. The minimum absolute atomic E-state index is 0.0334. The molecule has 0 unspecified atom stereocenters. The number of pyridine rings is 1. The Kier molecular flexibility index (Phi) is 8.40. The number of fused-ring (bicyclic) bond motifs is 1. The highest BCUT2D eigenvalue weighted by atomic mass is 19.1. The number of benzene rings is 2. The molecule has 4 rings (SSSR count). The number of rotatable bonds is 10. The number of hydrogen-bond donors (Lipinski definition) is 1. The van der Waals surface area contributed by atoms with Gasteiger partial charge in [0.1, 0.15) is 30.4 Å². The minimum atomic E-state index is -0.648. The maximum Gasteiger partial charge on any atom is 0.337 e. The summed E-state index contributed by atoms with van der Waals surface area (Å²) in [6.07, 6.45) is 1.34. The van der Waals surface area contributed by atoms with Gasteiger partial charge in [-0.25, -0.2) is 13.8 Å². The van der Waals surface area contributed by atoms with Crippen LogP contribution in [0.5, 0.6) is 5.75 Å². The Bertz CT molecular complexity index is 1690. The number of aryl methyl sites for hydroxylation is 1. The summed E-state index contributed by atoms with van der Waals surface area (Å²) in [5, 5.41) is 2.94. The summed E-state index contributed by atoms with van der Waals surface area (Å²) in [7, 11) is 11.1. The van der Waals surface area contributed by atoms with E-state index < -0.39 is 22.6 Å². The van der Waals surface area contributed by atoms with E-state index in [4.69, 9.17) is 12.6 Å². The fourth-order valence-corrected chi connectivity index (χ4v) is 4.40. The molecule has 4 aromatic rings. The van der Waals surface area contributed by atoms with Crippen LogP contribution < -0.4 is 32.3 Å². The largest absolute Gasteiger partial charge is 0.493 e. The van der Waals surface area contributed by atoms with Gasteiger partial charge >= 0.3 is 5.69 Å². The summed E-state index contributed by atoms with van der Waals surface area (Å²) in [4.78, 5) is 42.5. The van der Waals surface area contributed by atoms with E-state index >= 15 is 0 Å². The van der Waals surface area contributed by atoms with Crippen LogP contribution in [0.3, 0.4) is 0 Å². The highest BCUT2D eigenvalue weighted by Crippen LogP contribution is 2.25. The van der Waals surface area contributed by atoms with E-state index in [2.05, 4.69) is 10.2 Å². The molecule has 2 aromatic heterocycles. The van der Waals surface area contributed by atoms with E-state index in [1.165, 1.54) is 34.4 Å². The molecule has 0 spiro atoms. The predicted octanol–water partition coefficient (Wildman–Crippen LogP) is 2.27. The highest BCUT2D eigenvalue weighted by Gasteiger charge is 2.21. The van der Waals surface area contributed by atoms with Crippen LogP contribution in [-0.4, -0.2) is 53.7 Å². The first-order chi connectivity index (χ1) is 18.6. The lowest BCUT2D eigenvalue weighted by Crippen LogP contribution is -2.41. The van der Waals surface area contributed by atoms with E-state index in [-0.39, 0.29) is 34.4 Å². The standard InChI is InChI=1S/C28H31BFN5O4/c1-5-12-34-27(37)25-23(31-22-11-10-18(29)15-21(22)30)17-24(36)33(4)26(25)35(28(34)38)19-8-6-9-20(16-19)39-14-7-13-32(2)3/h6,8-11,15-17,31H,5,7,12-14H2,1-4H3. The summed E-state index contributed by atoms with van der Waals surface area (Å²) in [5.74, 6) is -0.104. The van der Waals surface area contributed by atoms with Gasteiger partial charge in [-0.05, 0) is 51.2 Å². The van der Waals surface area contributed by atoms with Gasteiger partial charge in [-0.2, -0.15) is 0 Å². The van der Waals surface area contributed by atoms with E-state index in [0.717, 1.165) is 23.6 Å². The van der Waals surface area contributed by atoms with Crippen LogP contribution in [0.4, 0.5) is 15.8 Å². The topological polar surface area (TPSA) is 90.5 Å². The number of ether oxygens (including phenoxy) is 1. The van der Waals surface area contributed by atoms with Crippen molar-refractivity contribution in [3.63, 3.8) is 0 Å². The Morgan fingerprint density at radius 2 is 1.82 bits per heavy atom. The van der Waals surface area contributed by atoms with Crippen LogP contribution in [0.2, 0.25) is 0 Å². The number of anilines is 2. The summed E-state index contributed by atoms with van der Waals surface area (Å²) < 4.78 is 24.3. The molecular weight excluding hydrogens is 500 g/mol. The average molecular weight is 531 g/mol. The van der Waals surface area contributed by atoms with Gasteiger partial charge in [0.25, 0.3) is 11.1 Å². The minimum Gasteiger partial charge on any atom is -0.493 e. The average Bonchev–Trinajstić information content (AvgIpc) is 2.89. The smallest absolute Gasteiger partial charge is 0.337 e. The van der Waals surface area contributed by atoms with Crippen LogP contribution in [0, 0.1) is 5.82 Å². The van der Waals surface area contributed by atoms with Crippen molar-refractivity contribution < 1.29 is 9.13 Å². The van der Waals surface area contributed by atoms with E-state index in [0.29, 0.717) is 24.5 Å². The third-order valence-electron chi connectivity index (χ3n) is 6.31. The molecule has 9 nitrogen and oxygen atoms in total. The number of nitrogens with one attached hydrogen (secondary N) is 1. The van der Waals surface area contributed by atoms with Crippen molar-refractivity contribution in [3.05, 3.63) is 85.5 Å². The molecule has 11 heteroatoms. The van der Waals surface area contributed by atoms with Gasteiger partial charge < -0.3 is 15.0 Å². The Morgan fingerprint density at radius 3 is 2.51 bits per heavy atom.